The first-order valence-corrected chi connectivity index (χ1v) is 9.14. The molecule has 5 nitrogen and oxygen atoms in total. The van der Waals surface area contributed by atoms with Crippen molar-refractivity contribution in [3.05, 3.63) is 71.8 Å². The summed E-state index contributed by atoms with van der Waals surface area (Å²) in [6, 6.07) is 20.2. The van der Waals surface area contributed by atoms with Gasteiger partial charge in [0.2, 0.25) is 0 Å². The van der Waals surface area contributed by atoms with Gasteiger partial charge in [0.05, 0.1) is 0 Å². The van der Waals surface area contributed by atoms with Gasteiger partial charge in [0, 0.05) is 19.6 Å². The van der Waals surface area contributed by atoms with E-state index < -0.39 is 6.09 Å². The molecule has 3 atom stereocenters. The van der Waals surface area contributed by atoms with E-state index in [0.717, 1.165) is 25.2 Å². The van der Waals surface area contributed by atoms with Gasteiger partial charge in [-0.1, -0.05) is 67.6 Å². The largest absolute Gasteiger partial charge is 0.445 e. The quantitative estimate of drug-likeness (QED) is 0.824. The molecule has 2 fully saturated rings. The minimum absolute atomic E-state index is 0.0180. The second-order valence-electron chi connectivity index (χ2n) is 7.13. The summed E-state index contributed by atoms with van der Waals surface area (Å²) in [5.74, 6) is 0.350. The van der Waals surface area contributed by atoms with Gasteiger partial charge in [-0.15, -0.1) is 0 Å². The van der Waals surface area contributed by atoms with Crippen LogP contribution in [0.5, 0.6) is 0 Å². The Kier molecular flexibility index (Phi) is 4.91. The molecular formula is C21H24N2O3. The molecule has 2 heterocycles. The Morgan fingerprint density at radius 2 is 1.73 bits per heavy atom. The first kappa shape index (κ1) is 17.1. The van der Waals surface area contributed by atoms with Gasteiger partial charge < -0.3 is 4.74 Å². The van der Waals surface area contributed by atoms with Crippen LogP contribution in [0, 0.1) is 5.92 Å². The average molecular weight is 352 g/mol. The highest BCUT2D eigenvalue weighted by atomic mass is 16.8. The van der Waals surface area contributed by atoms with E-state index in [9.17, 15) is 4.79 Å². The zero-order chi connectivity index (χ0) is 17.9. The first-order valence-electron chi connectivity index (χ1n) is 9.14. The number of cyclic esters (lactones) is 1. The van der Waals surface area contributed by atoms with Crippen molar-refractivity contribution >= 4 is 6.09 Å². The Bertz CT molecular complexity index is 737. The average Bonchev–Trinajstić information content (AvgIpc) is 3.20. The van der Waals surface area contributed by atoms with Crippen molar-refractivity contribution in [3.8, 4) is 0 Å². The SMILES string of the molecule is C[C@@H]1CN(Cc2ccccc2)C[C@H]1ON1C(=O)OC[C@H]1c1ccccc1. The molecule has 0 radical (unpaired) electrons. The number of benzene rings is 2. The van der Waals surface area contributed by atoms with Gasteiger partial charge in [-0.25, -0.2) is 4.79 Å². The van der Waals surface area contributed by atoms with E-state index in [1.165, 1.54) is 10.6 Å². The van der Waals surface area contributed by atoms with Crippen molar-refractivity contribution in [1.82, 2.24) is 9.96 Å². The fourth-order valence-electron chi connectivity index (χ4n) is 3.72. The van der Waals surface area contributed by atoms with Crippen molar-refractivity contribution in [1.29, 1.82) is 0 Å². The van der Waals surface area contributed by atoms with Crippen LogP contribution in [0.15, 0.2) is 60.7 Å². The number of likely N-dealkylation sites (tertiary alicyclic amines) is 1. The molecule has 4 rings (SSSR count). The van der Waals surface area contributed by atoms with E-state index in [1.807, 2.05) is 36.4 Å². The number of hydrogen-bond donors (Lipinski definition) is 0. The van der Waals surface area contributed by atoms with Crippen molar-refractivity contribution < 1.29 is 14.4 Å². The predicted octanol–water partition coefficient (Wildman–Crippen LogP) is 3.63. The number of hydrogen-bond acceptors (Lipinski definition) is 4. The highest BCUT2D eigenvalue weighted by Gasteiger charge is 2.40. The molecule has 2 saturated heterocycles. The fraction of sp³-hybridized carbons (Fsp3) is 0.381. The lowest BCUT2D eigenvalue weighted by Gasteiger charge is -2.26. The first-order chi connectivity index (χ1) is 12.7. The third kappa shape index (κ3) is 3.59. The smallest absolute Gasteiger partial charge is 0.434 e. The highest BCUT2D eigenvalue weighted by Crippen LogP contribution is 2.31. The lowest BCUT2D eigenvalue weighted by Crippen LogP contribution is -2.36. The minimum atomic E-state index is -0.396. The summed E-state index contributed by atoms with van der Waals surface area (Å²) in [6.45, 7) is 5.17. The summed E-state index contributed by atoms with van der Waals surface area (Å²) in [4.78, 5) is 20.7. The van der Waals surface area contributed by atoms with Crippen LogP contribution in [-0.4, -0.2) is 41.9 Å². The summed E-state index contributed by atoms with van der Waals surface area (Å²) < 4.78 is 5.25. The number of nitrogens with zero attached hydrogens (tertiary/aromatic N) is 2. The normalized spacial score (nSPS) is 26.3. The Hall–Kier alpha value is -2.37. The molecule has 136 valence electrons. The fourth-order valence-corrected chi connectivity index (χ4v) is 3.72. The van der Waals surface area contributed by atoms with Crippen LogP contribution >= 0.6 is 0 Å². The Morgan fingerprint density at radius 3 is 2.46 bits per heavy atom. The van der Waals surface area contributed by atoms with Crippen LogP contribution in [0.2, 0.25) is 0 Å². The van der Waals surface area contributed by atoms with Gasteiger partial charge in [0.1, 0.15) is 18.8 Å². The molecule has 0 bridgehead atoms. The van der Waals surface area contributed by atoms with Crippen LogP contribution in [-0.2, 0) is 16.1 Å². The lowest BCUT2D eigenvalue weighted by molar-refractivity contribution is -0.178. The van der Waals surface area contributed by atoms with Gasteiger partial charge >= 0.3 is 6.09 Å². The second-order valence-corrected chi connectivity index (χ2v) is 7.13. The maximum absolute atomic E-state index is 12.2. The molecular weight excluding hydrogens is 328 g/mol. The standard InChI is InChI=1S/C21H24N2O3/c1-16-12-22(13-17-8-4-2-5-9-17)14-20(16)26-23-19(15-25-21(23)24)18-10-6-3-7-11-18/h2-11,16,19-20H,12-15H2,1H3/t16-,19+,20-/m1/s1. The number of rotatable bonds is 5. The maximum Gasteiger partial charge on any atom is 0.434 e. The van der Waals surface area contributed by atoms with E-state index in [-0.39, 0.29) is 12.1 Å². The number of ether oxygens (including phenoxy) is 1. The monoisotopic (exact) mass is 352 g/mol. The third-order valence-electron chi connectivity index (χ3n) is 5.13. The van der Waals surface area contributed by atoms with E-state index in [1.54, 1.807) is 0 Å². The molecule has 5 heteroatoms. The molecule has 1 amide bonds. The van der Waals surface area contributed by atoms with E-state index >= 15 is 0 Å². The highest BCUT2D eigenvalue weighted by molar-refractivity contribution is 5.69. The Balaban J connectivity index is 1.42. The Morgan fingerprint density at radius 1 is 1.04 bits per heavy atom. The summed E-state index contributed by atoms with van der Waals surface area (Å²) in [7, 11) is 0. The second kappa shape index (κ2) is 7.48. The van der Waals surface area contributed by atoms with Crippen LogP contribution < -0.4 is 0 Å². The molecule has 26 heavy (non-hydrogen) atoms. The number of hydroxylamine groups is 2. The molecule has 0 N–H and O–H groups in total. The van der Waals surface area contributed by atoms with Crippen molar-refractivity contribution in [2.45, 2.75) is 25.6 Å². The molecule has 0 spiro atoms. The van der Waals surface area contributed by atoms with Gasteiger partial charge in [-0.3, -0.25) is 9.74 Å². The summed E-state index contributed by atoms with van der Waals surface area (Å²) in [5, 5.41) is 1.43. The summed E-state index contributed by atoms with van der Waals surface area (Å²) in [6.07, 6.45) is -0.414. The van der Waals surface area contributed by atoms with Gasteiger partial charge in [0.15, 0.2) is 0 Å². The number of carbonyl (C=O) groups excluding carboxylic acids is 1. The Labute approximate surface area is 154 Å². The lowest BCUT2D eigenvalue weighted by atomic mass is 10.1. The van der Waals surface area contributed by atoms with Gasteiger partial charge in [-0.05, 0) is 17.0 Å². The van der Waals surface area contributed by atoms with Crippen molar-refractivity contribution in [3.63, 3.8) is 0 Å². The molecule has 2 aromatic rings. The molecule has 0 saturated carbocycles. The topological polar surface area (TPSA) is 42.0 Å². The van der Waals surface area contributed by atoms with Crippen LogP contribution in [0.3, 0.4) is 0 Å². The third-order valence-corrected chi connectivity index (χ3v) is 5.13. The van der Waals surface area contributed by atoms with Crippen molar-refractivity contribution in [2.24, 2.45) is 5.92 Å². The van der Waals surface area contributed by atoms with Crippen LogP contribution in [0.1, 0.15) is 24.1 Å². The van der Waals surface area contributed by atoms with Crippen LogP contribution in [0.4, 0.5) is 4.79 Å². The molecule has 2 aliphatic rings. The van der Waals surface area contributed by atoms with Gasteiger partial charge in [-0.2, -0.15) is 5.06 Å². The van der Waals surface area contributed by atoms with E-state index in [2.05, 4.69) is 36.1 Å². The molecule has 0 aliphatic carbocycles. The van der Waals surface area contributed by atoms with Crippen LogP contribution in [0.25, 0.3) is 0 Å². The number of carbonyl (C=O) groups is 1. The van der Waals surface area contributed by atoms with E-state index in [4.69, 9.17) is 9.57 Å². The zero-order valence-corrected chi connectivity index (χ0v) is 15.0. The molecule has 0 unspecified atom stereocenters. The molecule has 2 aliphatic heterocycles. The predicted molar refractivity (Wildman–Crippen MR) is 98.1 cm³/mol. The summed E-state index contributed by atoms with van der Waals surface area (Å²) >= 11 is 0. The minimum Gasteiger partial charge on any atom is -0.445 e. The molecule has 2 aromatic carbocycles. The number of amides is 1. The zero-order valence-electron chi connectivity index (χ0n) is 15.0. The van der Waals surface area contributed by atoms with Crippen molar-refractivity contribution in [2.75, 3.05) is 19.7 Å². The molecule has 0 aromatic heterocycles. The maximum atomic E-state index is 12.2. The van der Waals surface area contributed by atoms with E-state index in [0.29, 0.717) is 12.5 Å². The summed E-state index contributed by atoms with van der Waals surface area (Å²) in [5.41, 5.74) is 2.33. The van der Waals surface area contributed by atoms with Gasteiger partial charge in [0.25, 0.3) is 0 Å².